The first kappa shape index (κ1) is 14.4. The normalized spacial score (nSPS) is 12.8. The number of rotatable bonds is 4. The molecule has 0 aromatic heterocycles. The molecule has 6 heteroatoms. The van der Waals surface area contributed by atoms with Crippen LogP contribution in [0.3, 0.4) is 0 Å². The second-order valence-electron chi connectivity index (χ2n) is 4.23. The van der Waals surface area contributed by atoms with Gasteiger partial charge >= 0.3 is 17.9 Å². The Labute approximate surface area is 93.5 Å². The first-order valence-corrected chi connectivity index (χ1v) is 4.73. The molecule has 0 radical (unpaired) electrons. The van der Waals surface area contributed by atoms with Gasteiger partial charge in [0.25, 0.3) is 0 Å². The summed E-state index contributed by atoms with van der Waals surface area (Å²) in [7, 11) is 0. The lowest BCUT2D eigenvalue weighted by Gasteiger charge is -2.20. The lowest BCUT2D eigenvalue weighted by Crippen LogP contribution is -2.32. The molecule has 6 nitrogen and oxygen atoms in total. The fourth-order valence-electron chi connectivity index (χ4n) is 0.914. The highest BCUT2D eigenvalue weighted by Crippen LogP contribution is 2.10. The van der Waals surface area contributed by atoms with Crippen molar-refractivity contribution in [3.05, 3.63) is 0 Å². The summed E-state index contributed by atoms with van der Waals surface area (Å²) in [6.07, 6.45) is -1.99. The molecule has 0 bridgehead atoms. The van der Waals surface area contributed by atoms with E-state index < -0.39 is 36.0 Å². The van der Waals surface area contributed by atoms with Crippen molar-refractivity contribution < 1.29 is 29.0 Å². The largest absolute Gasteiger partial charge is 0.478 e. The van der Waals surface area contributed by atoms with Crippen molar-refractivity contribution in [3.8, 4) is 0 Å². The molecular formula is C10H16O6. The number of hydrogen-bond acceptors (Lipinski definition) is 5. The number of carbonyl (C=O) groups is 3. The van der Waals surface area contributed by atoms with Crippen LogP contribution in [0.25, 0.3) is 0 Å². The van der Waals surface area contributed by atoms with Crippen molar-refractivity contribution in [1.82, 2.24) is 0 Å². The van der Waals surface area contributed by atoms with Crippen LogP contribution in [0.5, 0.6) is 0 Å². The van der Waals surface area contributed by atoms with E-state index in [1.807, 2.05) is 0 Å². The van der Waals surface area contributed by atoms with Gasteiger partial charge in [-0.2, -0.15) is 0 Å². The molecule has 0 aliphatic carbocycles. The summed E-state index contributed by atoms with van der Waals surface area (Å²) in [5.74, 6) is -2.85. The number of ether oxygens (including phenoxy) is 2. The molecule has 0 spiro atoms. The average Bonchev–Trinajstić information content (AvgIpc) is 1.97. The minimum Gasteiger partial charge on any atom is -0.478 e. The molecule has 0 aromatic rings. The molecule has 1 N–H and O–H groups in total. The summed E-state index contributed by atoms with van der Waals surface area (Å²) in [6.45, 7) is 6.05. The molecule has 1 unspecified atom stereocenters. The zero-order valence-corrected chi connectivity index (χ0v) is 9.77. The summed E-state index contributed by atoms with van der Waals surface area (Å²) >= 11 is 0. The SMILES string of the molecule is CC(=O)OC(CC(=O)OC(C)(C)C)C(=O)O. The molecule has 0 aromatic carbocycles. The van der Waals surface area contributed by atoms with Crippen molar-refractivity contribution in [2.75, 3.05) is 0 Å². The van der Waals surface area contributed by atoms with Gasteiger partial charge in [0.05, 0.1) is 6.42 Å². The van der Waals surface area contributed by atoms with Crippen LogP contribution in [0.1, 0.15) is 34.1 Å². The fraction of sp³-hybridized carbons (Fsp3) is 0.700. The molecular weight excluding hydrogens is 216 g/mol. The van der Waals surface area contributed by atoms with E-state index in [4.69, 9.17) is 9.84 Å². The van der Waals surface area contributed by atoms with Gasteiger partial charge in [-0.3, -0.25) is 9.59 Å². The number of hydrogen-bond donors (Lipinski definition) is 1. The molecule has 0 aliphatic rings. The van der Waals surface area contributed by atoms with Gasteiger partial charge < -0.3 is 14.6 Å². The number of esters is 2. The van der Waals surface area contributed by atoms with E-state index in [9.17, 15) is 14.4 Å². The van der Waals surface area contributed by atoms with Gasteiger partial charge in [-0.25, -0.2) is 4.79 Å². The van der Waals surface area contributed by atoms with Crippen molar-refractivity contribution >= 4 is 17.9 Å². The van der Waals surface area contributed by atoms with Crippen LogP contribution in [-0.2, 0) is 23.9 Å². The lowest BCUT2D eigenvalue weighted by molar-refractivity contribution is -0.170. The Morgan fingerprint density at radius 2 is 1.75 bits per heavy atom. The Morgan fingerprint density at radius 3 is 2.06 bits per heavy atom. The van der Waals surface area contributed by atoms with Gasteiger partial charge in [0.15, 0.2) is 0 Å². The Balaban J connectivity index is 4.35. The van der Waals surface area contributed by atoms with Crippen LogP contribution < -0.4 is 0 Å². The summed E-state index contributed by atoms with van der Waals surface area (Å²) in [4.78, 5) is 32.5. The predicted octanol–water partition coefficient (Wildman–Crippen LogP) is 0.734. The number of aliphatic carboxylic acids is 1. The fourth-order valence-corrected chi connectivity index (χ4v) is 0.914. The van der Waals surface area contributed by atoms with E-state index >= 15 is 0 Å². The topological polar surface area (TPSA) is 89.9 Å². The van der Waals surface area contributed by atoms with Crippen molar-refractivity contribution in [1.29, 1.82) is 0 Å². The van der Waals surface area contributed by atoms with Crippen LogP contribution in [0.2, 0.25) is 0 Å². The maximum atomic E-state index is 11.3. The van der Waals surface area contributed by atoms with Crippen molar-refractivity contribution in [2.24, 2.45) is 0 Å². The van der Waals surface area contributed by atoms with Crippen LogP contribution in [-0.4, -0.2) is 34.7 Å². The maximum absolute atomic E-state index is 11.3. The van der Waals surface area contributed by atoms with Crippen LogP contribution >= 0.6 is 0 Å². The maximum Gasteiger partial charge on any atom is 0.345 e. The van der Waals surface area contributed by atoms with Gasteiger partial charge in [-0.15, -0.1) is 0 Å². The molecule has 0 heterocycles. The van der Waals surface area contributed by atoms with E-state index in [0.717, 1.165) is 6.92 Å². The summed E-state index contributed by atoms with van der Waals surface area (Å²) in [5, 5.41) is 8.68. The second kappa shape index (κ2) is 5.48. The Hall–Kier alpha value is -1.59. The highest BCUT2D eigenvalue weighted by molar-refractivity contribution is 5.83. The van der Waals surface area contributed by atoms with Gasteiger partial charge in [-0.05, 0) is 20.8 Å². The molecule has 0 rings (SSSR count). The molecule has 0 aliphatic heterocycles. The van der Waals surface area contributed by atoms with Crippen LogP contribution in [0.4, 0.5) is 0 Å². The Morgan fingerprint density at radius 1 is 1.25 bits per heavy atom. The smallest absolute Gasteiger partial charge is 0.345 e. The zero-order valence-electron chi connectivity index (χ0n) is 9.77. The quantitative estimate of drug-likeness (QED) is 0.719. The first-order chi connectivity index (χ1) is 7.11. The average molecular weight is 232 g/mol. The van der Waals surface area contributed by atoms with E-state index in [2.05, 4.69) is 4.74 Å². The van der Waals surface area contributed by atoms with E-state index in [1.165, 1.54) is 0 Å². The summed E-state index contributed by atoms with van der Waals surface area (Å²) in [5.41, 5.74) is -0.698. The minimum absolute atomic E-state index is 0.494. The molecule has 16 heavy (non-hydrogen) atoms. The molecule has 1 atom stereocenters. The monoisotopic (exact) mass is 232 g/mol. The zero-order chi connectivity index (χ0) is 12.9. The molecule has 0 saturated carbocycles. The minimum atomic E-state index is -1.49. The predicted molar refractivity (Wildman–Crippen MR) is 53.7 cm³/mol. The Bertz CT molecular complexity index is 288. The van der Waals surface area contributed by atoms with Crippen molar-refractivity contribution in [3.63, 3.8) is 0 Å². The number of carbonyl (C=O) groups excluding carboxylic acids is 2. The third kappa shape index (κ3) is 6.80. The highest BCUT2D eigenvalue weighted by atomic mass is 16.6. The van der Waals surface area contributed by atoms with Crippen molar-refractivity contribution in [2.45, 2.75) is 45.8 Å². The summed E-state index contributed by atoms with van der Waals surface area (Å²) < 4.78 is 9.36. The van der Waals surface area contributed by atoms with Gasteiger partial charge in [-0.1, -0.05) is 0 Å². The molecule has 0 amide bonds. The van der Waals surface area contributed by atoms with E-state index in [1.54, 1.807) is 20.8 Å². The third-order valence-corrected chi connectivity index (χ3v) is 1.36. The first-order valence-electron chi connectivity index (χ1n) is 4.73. The Kier molecular flexibility index (Phi) is 4.94. The van der Waals surface area contributed by atoms with Gasteiger partial charge in [0.1, 0.15) is 5.60 Å². The number of carboxylic acid groups (broad SMARTS) is 1. The molecule has 92 valence electrons. The lowest BCUT2D eigenvalue weighted by atomic mass is 10.2. The second-order valence-corrected chi connectivity index (χ2v) is 4.23. The molecule has 0 saturated heterocycles. The van der Waals surface area contributed by atoms with Gasteiger partial charge in [0, 0.05) is 6.92 Å². The van der Waals surface area contributed by atoms with Crippen LogP contribution in [0.15, 0.2) is 0 Å². The molecule has 0 fully saturated rings. The highest BCUT2D eigenvalue weighted by Gasteiger charge is 2.27. The van der Waals surface area contributed by atoms with Gasteiger partial charge in [0.2, 0.25) is 6.10 Å². The third-order valence-electron chi connectivity index (χ3n) is 1.36. The summed E-state index contributed by atoms with van der Waals surface area (Å²) in [6, 6.07) is 0. The van der Waals surface area contributed by atoms with Crippen LogP contribution in [0, 0.1) is 0 Å². The van der Waals surface area contributed by atoms with E-state index in [0.29, 0.717) is 0 Å². The van der Waals surface area contributed by atoms with E-state index in [-0.39, 0.29) is 0 Å². The number of carboxylic acids is 1. The standard InChI is InChI=1S/C10H16O6/c1-6(11)15-7(9(13)14)5-8(12)16-10(2,3)4/h7H,5H2,1-4H3,(H,13,14).